The molecule has 174 valence electrons. The summed E-state index contributed by atoms with van der Waals surface area (Å²) < 4.78 is 0. The van der Waals surface area contributed by atoms with Gasteiger partial charge < -0.3 is 9.80 Å². The summed E-state index contributed by atoms with van der Waals surface area (Å²) in [6.07, 6.45) is 5.53. The van der Waals surface area contributed by atoms with Crippen molar-refractivity contribution in [3.8, 4) is 0 Å². The van der Waals surface area contributed by atoms with Crippen molar-refractivity contribution >= 4 is 5.84 Å². The maximum absolute atomic E-state index is 5.27. The molecular formula is C30H39N3. The monoisotopic (exact) mass is 441 g/mol. The fraction of sp³-hybridized carbons (Fsp3) is 0.367. The molecule has 1 atom stereocenters. The molecule has 1 aliphatic heterocycles. The van der Waals surface area contributed by atoms with Crippen LogP contribution in [0.1, 0.15) is 57.8 Å². The van der Waals surface area contributed by atoms with Gasteiger partial charge in [-0.15, -0.1) is 0 Å². The molecule has 1 aliphatic rings. The van der Waals surface area contributed by atoms with E-state index in [0.717, 1.165) is 47.4 Å². The van der Waals surface area contributed by atoms with Crippen molar-refractivity contribution in [3.63, 3.8) is 0 Å². The van der Waals surface area contributed by atoms with Gasteiger partial charge in [0.05, 0.1) is 5.84 Å². The summed E-state index contributed by atoms with van der Waals surface area (Å²) >= 11 is 0. The molecular weight excluding hydrogens is 402 g/mol. The Kier molecular flexibility index (Phi) is 8.71. The van der Waals surface area contributed by atoms with Crippen molar-refractivity contribution in [2.75, 3.05) is 13.1 Å². The first-order chi connectivity index (χ1) is 15.8. The molecule has 1 heterocycles. The summed E-state index contributed by atoms with van der Waals surface area (Å²) in [5.41, 5.74) is 5.70. The molecule has 3 rings (SSSR count). The van der Waals surface area contributed by atoms with E-state index in [1.807, 2.05) is 13.8 Å². The van der Waals surface area contributed by atoms with E-state index < -0.39 is 0 Å². The van der Waals surface area contributed by atoms with E-state index in [-0.39, 0.29) is 6.17 Å². The van der Waals surface area contributed by atoms with Crippen LogP contribution in [0.2, 0.25) is 0 Å². The first-order valence-corrected chi connectivity index (χ1v) is 12.0. The third-order valence-electron chi connectivity index (χ3n) is 6.34. The first-order valence-electron chi connectivity index (χ1n) is 12.0. The summed E-state index contributed by atoms with van der Waals surface area (Å²) in [6.45, 7) is 18.8. The van der Waals surface area contributed by atoms with Crippen molar-refractivity contribution in [2.24, 2.45) is 10.9 Å². The van der Waals surface area contributed by atoms with Gasteiger partial charge in [-0.2, -0.15) is 0 Å². The highest BCUT2D eigenvalue weighted by Gasteiger charge is 2.24. The summed E-state index contributed by atoms with van der Waals surface area (Å²) in [4.78, 5) is 9.93. The second-order valence-corrected chi connectivity index (χ2v) is 9.32. The molecule has 0 amide bonds. The van der Waals surface area contributed by atoms with E-state index in [2.05, 4.69) is 104 Å². The van der Waals surface area contributed by atoms with Crippen molar-refractivity contribution in [2.45, 2.75) is 53.1 Å². The Labute approximate surface area is 200 Å². The quantitative estimate of drug-likeness (QED) is 0.242. The third kappa shape index (κ3) is 6.95. The molecule has 0 aliphatic carbocycles. The molecule has 3 nitrogen and oxygen atoms in total. The Morgan fingerprint density at radius 2 is 1.55 bits per heavy atom. The Morgan fingerprint density at radius 1 is 0.970 bits per heavy atom. The van der Waals surface area contributed by atoms with Crippen LogP contribution in [0.5, 0.6) is 0 Å². The highest BCUT2D eigenvalue weighted by Crippen LogP contribution is 2.31. The summed E-state index contributed by atoms with van der Waals surface area (Å²) in [5, 5.41) is 0. The maximum atomic E-state index is 5.27. The number of piperidine rings is 1. The number of likely N-dealkylation sites (tertiary alicyclic amines) is 1. The predicted octanol–water partition coefficient (Wildman–Crippen LogP) is 7.37. The van der Waals surface area contributed by atoms with E-state index >= 15 is 0 Å². The van der Waals surface area contributed by atoms with E-state index in [0.29, 0.717) is 0 Å². The minimum Gasteiger partial charge on any atom is -0.360 e. The zero-order valence-electron chi connectivity index (χ0n) is 20.8. The molecule has 0 N–H and O–H groups in total. The molecule has 0 unspecified atom stereocenters. The smallest absolute Gasteiger partial charge is 0.152 e. The van der Waals surface area contributed by atoms with E-state index in [1.165, 1.54) is 24.8 Å². The van der Waals surface area contributed by atoms with E-state index in [1.54, 1.807) is 0 Å². The molecule has 1 fully saturated rings. The summed E-state index contributed by atoms with van der Waals surface area (Å²) in [7, 11) is 0. The third-order valence-corrected chi connectivity index (χ3v) is 6.34. The standard InChI is InChI=1S/C30H39N3/c1-23(2)21-25(5)33(24(3)4)30(29-15-11-8-12-16-29)31-26(6)32-19-17-28(18-20-32)22-27-13-9-7-10-14-27/h7-16,21,28,30H,1,3,17-20,22H2,2,4-6H3/b25-21-,31-26+/t30-/m0/s1. The van der Waals surface area contributed by atoms with Crippen LogP contribution in [0.4, 0.5) is 0 Å². The average Bonchev–Trinajstić information content (AvgIpc) is 2.79. The predicted molar refractivity (Wildman–Crippen MR) is 142 cm³/mol. The fourth-order valence-electron chi connectivity index (χ4n) is 4.70. The lowest BCUT2D eigenvalue weighted by molar-refractivity contribution is 0.258. The minimum atomic E-state index is -0.152. The van der Waals surface area contributed by atoms with Gasteiger partial charge in [-0.3, -0.25) is 0 Å². The number of aliphatic imine (C=N–C) groups is 1. The Balaban J connectivity index is 1.79. The second-order valence-electron chi connectivity index (χ2n) is 9.32. The van der Waals surface area contributed by atoms with Crippen LogP contribution in [0.3, 0.4) is 0 Å². The van der Waals surface area contributed by atoms with Gasteiger partial charge in [0, 0.05) is 24.5 Å². The number of rotatable bonds is 8. The SMILES string of the molecule is C=C(C)/C=C(/C)N(C(=C)C)[C@H](/N=C(\C)N1CCC(Cc2ccccc2)CC1)c1ccccc1. The van der Waals surface area contributed by atoms with Crippen molar-refractivity contribution < 1.29 is 0 Å². The number of benzene rings is 2. The number of nitrogens with zero attached hydrogens (tertiary/aromatic N) is 3. The van der Waals surface area contributed by atoms with Crippen LogP contribution in [-0.2, 0) is 6.42 Å². The molecule has 1 saturated heterocycles. The van der Waals surface area contributed by atoms with Gasteiger partial charge in [0.2, 0.25) is 0 Å². The molecule has 0 aromatic heterocycles. The normalized spacial score (nSPS) is 16.4. The van der Waals surface area contributed by atoms with Gasteiger partial charge in [0.1, 0.15) is 0 Å². The zero-order valence-corrected chi connectivity index (χ0v) is 20.8. The lowest BCUT2D eigenvalue weighted by atomic mass is 9.90. The Morgan fingerprint density at radius 3 is 2.09 bits per heavy atom. The summed E-state index contributed by atoms with van der Waals surface area (Å²) in [6, 6.07) is 21.4. The van der Waals surface area contributed by atoms with E-state index in [9.17, 15) is 0 Å². The molecule has 0 spiro atoms. The molecule has 3 heteroatoms. The van der Waals surface area contributed by atoms with Gasteiger partial charge in [-0.1, -0.05) is 79.4 Å². The van der Waals surface area contributed by atoms with Crippen molar-refractivity contribution in [3.05, 3.63) is 108 Å². The first kappa shape index (κ1) is 24.6. The highest BCUT2D eigenvalue weighted by atomic mass is 15.3. The lowest BCUT2D eigenvalue weighted by Crippen LogP contribution is -2.38. The van der Waals surface area contributed by atoms with Gasteiger partial charge in [0.25, 0.3) is 0 Å². The Bertz CT molecular complexity index is 980. The van der Waals surface area contributed by atoms with Crippen molar-refractivity contribution in [1.82, 2.24) is 9.80 Å². The largest absolute Gasteiger partial charge is 0.360 e. The molecule has 2 aromatic rings. The van der Waals surface area contributed by atoms with Gasteiger partial charge >= 0.3 is 0 Å². The zero-order chi connectivity index (χ0) is 23.8. The van der Waals surface area contributed by atoms with Crippen LogP contribution >= 0.6 is 0 Å². The minimum absolute atomic E-state index is 0.152. The second kappa shape index (κ2) is 11.7. The molecule has 0 saturated carbocycles. The molecule has 33 heavy (non-hydrogen) atoms. The van der Waals surface area contributed by atoms with Crippen LogP contribution in [0, 0.1) is 5.92 Å². The average molecular weight is 442 g/mol. The van der Waals surface area contributed by atoms with Crippen LogP contribution in [0.15, 0.2) is 102 Å². The number of hydrogen-bond acceptors (Lipinski definition) is 2. The molecule has 2 aromatic carbocycles. The Hall–Kier alpha value is -3.07. The summed E-state index contributed by atoms with van der Waals surface area (Å²) in [5.74, 6) is 1.84. The van der Waals surface area contributed by atoms with E-state index in [4.69, 9.17) is 4.99 Å². The lowest BCUT2D eigenvalue weighted by Gasteiger charge is -2.36. The number of allylic oxidation sites excluding steroid dienone is 4. The van der Waals surface area contributed by atoms with Gasteiger partial charge in [-0.05, 0) is 70.1 Å². The highest BCUT2D eigenvalue weighted by molar-refractivity contribution is 5.80. The maximum Gasteiger partial charge on any atom is 0.152 e. The van der Waals surface area contributed by atoms with Gasteiger partial charge in [0.15, 0.2) is 6.17 Å². The van der Waals surface area contributed by atoms with Crippen LogP contribution < -0.4 is 0 Å². The van der Waals surface area contributed by atoms with Crippen LogP contribution in [0.25, 0.3) is 0 Å². The number of hydrogen-bond donors (Lipinski definition) is 0. The van der Waals surface area contributed by atoms with Gasteiger partial charge in [-0.25, -0.2) is 4.99 Å². The number of amidine groups is 1. The molecule has 0 radical (unpaired) electrons. The topological polar surface area (TPSA) is 18.8 Å². The van der Waals surface area contributed by atoms with Crippen LogP contribution in [-0.4, -0.2) is 28.7 Å². The fourth-order valence-corrected chi connectivity index (χ4v) is 4.70. The molecule has 0 bridgehead atoms. The van der Waals surface area contributed by atoms with Crippen molar-refractivity contribution in [1.29, 1.82) is 0 Å².